The van der Waals surface area contributed by atoms with Crippen molar-refractivity contribution in [2.75, 3.05) is 17.9 Å². The molecule has 1 aliphatic heterocycles. The Morgan fingerprint density at radius 2 is 1.46 bits per heavy atom. The lowest BCUT2D eigenvalue weighted by atomic mass is 9.93. The van der Waals surface area contributed by atoms with Crippen molar-refractivity contribution in [2.45, 2.75) is 44.4 Å². The van der Waals surface area contributed by atoms with Crippen LogP contribution in [0.2, 0.25) is 0 Å². The molecule has 0 atom stereocenters. The Labute approximate surface area is 155 Å². The lowest BCUT2D eigenvalue weighted by molar-refractivity contribution is 0.171. The molecule has 0 radical (unpaired) electrons. The molecule has 140 valence electrons. The number of benzene rings is 2. The van der Waals surface area contributed by atoms with Gasteiger partial charge in [-0.2, -0.15) is 0 Å². The van der Waals surface area contributed by atoms with Gasteiger partial charge in [0.05, 0.1) is 10.6 Å². The lowest BCUT2D eigenvalue weighted by Crippen LogP contribution is -2.18. The van der Waals surface area contributed by atoms with E-state index in [4.69, 9.17) is 9.47 Å². The summed E-state index contributed by atoms with van der Waals surface area (Å²) in [6, 6.07) is 10.6. The molecule has 0 unspecified atom stereocenters. The van der Waals surface area contributed by atoms with Crippen LogP contribution in [0, 0.1) is 0 Å². The molecule has 6 heteroatoms. The van der Waals surface area contributed by atoms with E-state index in [0.717, 1.165) is 11.1 Å². The number of para-hydroxylation sites is 1. The van der Waals surface area contributed by atoms with E-state index in [0.29, 0.717) is 30.4 Å². The van der Waals surface area contributed by atoms with Crippen LogP contribution in [0.25, 0.3) is 0 Å². The number of ether oxygens (including phenoxy) is 2. The minimum atomic E-state index is -3.74. The van der Waals surface area contributed by atoms with E-state index in [1.165, 1.54) is 6.07 Å². The fraction of sp³-hybridized carbons (Fsp3) is 0.400. The Hall–Kier alpha value is -2.21. The number of fused-ring (bicyclic) bond motifs is 1. The molecule has 0 bridgehead atoms. The van der Waals surface area contributed by atoms with Gasteiger partial charge in [0.2, 0.25) is 0 Å². The normalized spacial score (nSPS) is 13.9. The van der Waals surface area contributed by atoms with Crippen LogP contribution < -0.4 is 14.2 Å². The third-order valence-electron chi connectivity index (χ3n) is 4.43. The average molecular weight is 375 g/mol. The summed E-state index contributed by atoms with van der Waals surface area (Å²) in [5.74, 6) is 1.43. The van der Waals surface area contributed by atoms with Crippen molar-refractivity contribution in [3.8, 4) is 11.5 Å². The molecule has 1 N–H and O–H groups in total. The van der Waals surface area contributed by atoms with Gasteiger partial charge < -0.3 is 9.47 Å². The van der Waals surface area contributed by atoms with E-state index in [-0.39, 0.29) is 16.7 Å². The van der Waals surface area contributed by atoms with Gasteiger partial charge in [0.25, 0.3) is 10.0 Å². The zero-order valence-electron chi connectivity index (χ0n) is 15.6. The molecule has 1 heterocycles. The van der Waals surface area contributed by atoms with Crippen LogP contribution in [0.15, 0.2) is 41.3 Å². The molecule has 0 spiro atoms. The molecule has 0 saturated heterocycles. The quantitative estimate of drug-likeness (QED) is 0.835. The first-order valence-corrected chi connectivity index (χ1v) is 10.3. The first kappa shape index (κ1) is 18.6. The average Bonchev–Trinajstić information content (AvgIpc) is 2.60. The van der Waals surface area contributed by atoms with Crippen molar-refractivity contribution in [3.05, 3.63) is 47.5 Å². The van der Waals surface area contributed by atoms with Crippen molar-refractivity contribution in [1.82, 2.24) is 0 Å². The van der Waals surface area contributed by atoms with E-state index < -0.39 is 10.0 Å². The molecule has 2 aromatic carbocycles. The van der Waals surface area contributed by atoms with Crippen LogP contribution in [0.5, 0.6) is 11.5 Å². The predicted molar refractivity (Wildman–Crippen MR) is 103 cm³/mol. The molecule has 1 aliphatic rings. The van der Waals surface area contributed by atoms with Crippen LogP contribution in [-0.2, 0) is 10.0 Å². The lowest BCUT2D eigenvalue weighted by Gasteiger charge is -2.22. The molecule has 26 heavy (non-hydrogen) atoms. The summed E-state index contributed by atoms with van der Waals surface area (Å²) in [6.07, 6.45) is 0. The molecular formula is C20H25NO4S. The Morgan fingerprint density at radius 1 is 0.885 bits per heavy atom. The van der Waals surface area contributed by atoms with E-state index >= 15 is 0 Å². The van der Waals surface area contributed by atoms with Gasteiger partial charge in [0.1, 0.15) is 13.2 Å². The number of rotatable bonds is 5. The number of nitrogens with one attached hydrogen (secondary N) is 1. The third-order valence-corrected chi connectivity index (χ3v) is 5.78. The summed E-state index contributed by atoms with van der Waals surface area (Å²) in [5, 5.41) is 0. The van der Waals surface area contributed by atoms with Crippen molar-refractivity contribution in [2.24, 2.45) is 0 Å². The number of hydrogen-bond donors (Lipinski definition) is 1. The second kappa shape index (κ2) is 7.19. The zero-order chi connectivity index (χ0) is 18.9. The van der Waals surface area contributed by atoms with Crippen LogP contribution >= 0.6 is 0 Å². The Kier molecular flexibility index (Phi) is 5.14. The summed E-state index contributed by atoms with van der Waals surface area (Å²) in [7, 11) is -3.74. The molecule has 3 rings (SSSR count). The largest absolute Gasteiger partial charge is 0.486 e. The molecule has 5 nitrogen and oxygen atoms in total. The van der Waals surface area contributed by atoms with Crippen LogP contribution in [-0.4, -0.2) is 21.6 Å². The molecule has 0 saturated carbocycles. The highest BCUT2D eigenvalue weighted by Gasteiger charge is 2.23. The van der Waals surface area contributed by atoms with Crippen molar-refractivity contribution in [1.29, 1.82) is 0 Å². The fourth-order valence-electron chi connectivity index (χ4n) is 3.05. The topological polar surface area (TPSA) is 64.6 Å². The Bertz CT molecular complexity index is 878. The summed E-state index contributed by atoms with van der Waals surface area (Å²) >= 11 is 0. The third kappa shape index (κ3) is 3.65. The standard InChI is InChI=1S/C20H25NO4S/c1-13(2)16-6-5-7-17(14(3)4)20(16)21-26(22,23)15-8-9-18-19(12-15)25-11-10-24-18/h5-9,12-14,21H,10-11H2,1-4H3. The molecule has 0 aromatic heterocycles. The van der Waals surface area contributed by atoms with E-state index in [9.17, 15) is 8.42 Å². The zero-order valence-corrected chi connectivity index (χ0v) is 16.4. The van der Waals surface area contributed by atoms with Gasteiger partial charge in [-0.25, -0.2) is 8.42 Å². The van der Waals surface area contributed by atoms with Crippen LogP contribution in [0.1, 0.15) is 50.7 Å². The minimum absolute atomic E-state index is 0.162. The van der Waals surface area contributed by atoms with Crippen molar-refractivity contribution < 1.29 is 17.9 Å². The van der Waals surface area contributed by atoms with Gasteiger partial charge in [-0.15, -0.1) is 0 Å². The summed E-state index contributed by atoms with van der Waals surface area (Å²) in [4.78, 5) is 0.162. The van der Waals surface area contributed by atoms with E-state index in [1.54, 1.807) is 12.1 Å². The van der Waals surface area contributed by atoms with Gasteiger partial charge in [0.15, 0.2) is 11.5 Å². The van der Waals surface area contributed by atoms with E-state index in [2.05, 4.69) is 32.4 Å². The SMILES string of the molecule is CC(C)c1cccc(C(C)C)c1NS(=O)(=O)c1ccc2c(c1)OCCO2. The molecular weight excluding hydrogens is 350 g/mol. The molecule has 0 fully saturated rings. The highest BCUT2D eigenvalue weighted by atomic mass is 32.2. The summed E-state index contributed by atoms with van der Waals surface area (Å²) in [6.45, 7) is 9.11. The van der Waals surface area contributed by atoms with Gasteiger partial charge in [0, 0.05) is 6.07 Å². The fourth-order valence-corrected chi connectivity index (χ4v) is 4.18. The monoisotopic (exact) mass is 375 g/mol. The van der Waals surface area contributed by atoms with Gasteiger partial charge in [-0.05, 0) is 35.1 Å². The molecule has 2 aromatic rings. The number of sulfonamides is 1. The van der Waals surface area contributed by atoms with Crippen molar-refractivity contribution >= 4 is 15.7 Å². The molecule has 0 aliphatic carbocycles. The van der Waals surface area contributed by atoms with Gasteiger partial charge in [-0.3, -0.25) is 4.72 Å². The van der Waals surface area contributed by atoms with Gasteiger partial charge in [-0.1, -0.05) is 45.9 Å². The van der Waals surface area contributed by atoms with Gasteiger partial charge >= 0.3 is 0 Å². The predicted octanol–water partition coefficient (Wildman–Crippen LogP) is 4.51. The second-order valence-corrected chi connectivity index (χ2v) is 8.71. The molecule has 0 amide bonds. The van der Waals surface area contributed by atoms with E-state index in [1.807, 2.05) is 18.2 Å². The van der Waals surface area contributed by atoms with Crippen LogP contribution in [0.3, 0.4) is 0 Å². The first-order valence-electron chi connectivity index (χ1n) is 8.85. The highest BCUT2D eigenvalue weighted by molar-refractivity contribution is 7.92. The maximum atomic E-state index is 13.0. The first-order chi connectivity index (χ1) is 12.3. The summed E-state index contributed by atoms with van der Waals surface area (Å²) < 4.78 is 39.9. The maximum Gasteiger partial charge on any atom is 0.262 e. The number of anilines is 1. The second-order valence-electron chi connectivity index (χ2n) is 7.03. The Morgan fingerprint density at radius 3 is 2.04 bits per heavy atom. The smallest absolute Gasteiger partial charge is 0.262 e. The Balaban J connectivity index is 2.03. The van der Waals surface area contributed by atoms with Crippen molar-refractivity contribution in [3.63, 3.8) is 0 Å². The minimum Gasteiger partial charge on any atom is -0.486 e. The van der Waals surface area contributed by atoms with Crippen LogP contribution in [0.4, 0.5) is 5.69 Å². The highest BCUT2D eigenvalue weighted by Crippen LogP contribution is 2.36. The number of hydrogen-bond acceptors (Lipinski definition) is 4. The summed E-state index contributed by atoms with van der Waals surface area (Å²) in [5.41, 5.74) is 2.64. The maximum absolute atomic E-state index is 13.0.